The number of para-hydroxylation sites is 1. The number of rotatable bonds is 2. The fraction of sp³-hybridized carbons (Fsp3) is 0.286. The topological polar surface area (TPSA) is 63.8 Å². The molecule has 0 saturated heterocycles. The highest BCUT2D eigenvalue weighted by atomic mass is 16.7. The third kappa shape index (κ3) is 2.40. The van der Waals surface area contributed by atoms with Gasteiger partial charge in [0.05, 0.1) is 13.2 Å². The molecule has 0 saturated carbocycles. The van der Waals surface area contributed by atoms with Crippen LogP contribution in [0.5, 0.6) is 11.5 Å². The van der Waals surface area contributed by atoms with Gasteiger partial charge in [-0.25, -0.2) is 0 Å². The van der Waals surface area contributed by atoms with Crippen LogP contribution in [0.2, 0.25) is 0 Å². The van der Waals surface area contributed by atoms with Gasteiger partial charge in [-0.1, -0.05) is 24.3 Å². The number of nitrogens with one attached hydrogen (secondary N) is 1. The molecule has 0 radical (unpaired) electrons. The Hall–Kier alpha value is -2.99. The standard InChI is InChI=1S/C21H20N2O4/c1-23-16(21(24)25-2)10-14-13-5-3-4-6-15(13)22-19(14)20(23)12-7-8-17-18(9-12)27-11-26-17/h3-9,16,20,22H,10-11H2,1-2H3/t16?,20-/m0/s1. The molecule has 138 valence electrons. The number of aromatic amines is 1. The van der Waals surface area contributed by atoms with Crippen molar-refractivity contribution in [2.45, 2.75) is 18.5 Å². The minimum Gasteiger partial charge on any atom is -0.468 e. The van der Waals surface area contributed by atoms with Crippen molar-refractivity contribution in [3.8, 4) is 11.5 Å². The Balaban J connectivity index is 1.70. The molecule has 0 bridgehead atoms. The largest absolute Gasteiger partial charge is 0.468 e. The second kappa shape index (κ2) is 6.03. The summed E-state index contributed by atoms with van der Waals surface area (Å²) in [5.74, 6) is 1.26. The van der Waals surface area contributed by atoms with Crippen LogP contribution in [0.25, 0.3) is 10.9 Å². The lowest BCUT2D eigenvalue weighted by molar-refractivity contribution is -0.147. The van der Waals surface area contributed by atoms with Crippen LogP contribution in [0.1, 0.15) is 22.9 Å². The Morgan fingerprint density at radius 3 is 2.85 bits per heavy atom. The Morgan fingerprint density at radius 1 is 1.19 bits per heavy atom. The normalized spacial score (nSPS) is 21.3. The van der Waals surface area contributed by atoms with E-state index in [1.165, 1.54) is 12.7 Å². The summed E-state index contributed by atoms with van der Waals surface area (Å²) in [6, 6.07) is 13.7. The maximum atomic E-state index is 12.5. The molecular formula is C21H20N2O4. The third-order valence-electron chi connectivity index (χ3n) is 5.60. The molecule has 3 heterocycles. The Labute approximate surface area is 156 Å². The van der Waals surface area contributed by atoms with E-state index in [0.717, 1.165) is 33.7 Å². The molecule has 2 aliphatic heterocycles. The van der Waals surface area contributed by atoms with E-state index in [9.17, 15) is 4.79 Å². The van der Waals surface area contributed by atoms with Crippen molar-refractivity contribution < 1.29 is 19.0 Å². The minimum absolute atomic E-state index is 0.111. The van der Waals surface area contributed by atoms with E-state index in [2.05, 4.69) is 22.0 Å². The SMILES string of the molecule is COC(=O)C1Cc2c([nH]c3ccccc23)[C@H](c2ccc3c(c2)OCO3)N1C. The molecule has 2 aromatic carbocycles. The number of nitrogens with zero attached hydrogens (tertiary/aromatic N) is 1. The van der Waals surface area contributed by atoms with Crippen LogP contribution in [-0.4, -0.2) is 42.8 Å². The molecule has 3 aromatic rings. The van der Waals surface area contributed by atoms with Crippen molar-refractivity contribution >= 4 is 16.9 Å². The number of carbonyl (C=O) groups is 1. The van der Waals surface area contributed by atoms with Crippen molar-refractivity contribution in [3.63, 3.8) is 0 Å². The fourth-order valence-corrected chi connectivity index (χ4v) is 4.27. The maximum Gasteiger partial charge on any atom is 0.323 e. The average Bonchev–Trinajstić information content (AvgIpc) is 3.30. The third-order valence-corrected chi connectivity index (χ3v) is 5.60. The van der Waals surface area contributed by atoms with Gasteiger partial charge in [0.2, 0.25) is 6.79 Å². The number of hydrogen-bond acceptors (Lipinski definition) is 5. The zero-order valence-electron chi connectivity index (χ0n) is 15.2. The summed E-state index contributed by atoms with van der Waals surface area (Å²) in [6.45, 7) is 0.238. The zero-order valence-corrected chi connectivity index (χ0v) is 15.2. The van der Waals surface area contributed by atoms with E-state index in [4.69, 9.17) is 14.2 Å². The number of H-pyrrole nitrogens is 1. The van der Waals surface area contributed by atoms with Crippen molar-refractivity contribution in [3.05, 3.63) is 59.3 Å². The van der Waals surface area contributed by atoms with E-state index >= 15 is 0 Å². The van der Waals surface area contributed by atoms with Crippen LogP contribution in [-0.2, 0) is 16.0 Å². The van der Waals surface area contributed by atoms with Crippen LogP contribution in [0, 0.1) is 0 Å². The molecule has 2 atom stereocenters. The van der Waals surface area contributed by atoms with Crippen molar-refractivity contribution in [1.29, 1.82) is 0 Å². The van der Waals surface area contributed by atoms with E-state index in [-0.39, 0.29) is 24.8 Å². The average molecular weight is 364 g/mol. The molecule has 1 unspecified atom stereocenters. The minimum atomic E-state index is -0.350. The maximum absolute atomic E-state index is 12.5. The van der Waals surface area contributed by atoms with Gasteiger partial charge in [-0.2, -0.15) is 0 Å². The highest BCUT2D eigenvalue weighted by Crippen LogP contribution is 2.43. The predicted molar refractivity (Wildman–Crippen MR) is 100.0 cm³/mol. The summed E-state index contributed by atoms with van der Waals surface area (Å²) in [7, 11) is 3.40. The first-order valence-electron chi connectivity index (χ1n) is 8.96. The second-order valence-electron chi connectivity index (χ2n) is 6.99. The predicted octanol–water partition coefficient (Wildman–Crippen LogP) is 3.02. The van der Waals surface area contributed by atoms with E-state index in [1.807, 2.05) is 37.4 Å². The van der Waals surface area contributed by atoms with Gasteiger partial charge in [0.1, 0.15) is 6.04 Å². The number of benzene rings is 2. The zero-order chi connectivity index (χ0) is 18.5. The first kappa shape index (κ1) is 16.2. The lowest BCUT2D eigenvalue weighted by Gasteiger charge is -2.38. The first-order chi connectivity index (χ1) is 13.2. The monoisotopic (exact) mass is 364 g/mol. The van der Waals surface area contributed by atoms with Crippen molar-refractivity contribution in [1.82, 2.24) is 9.88 Å². The van der Waals surface area contributed by atoms with Crippen LogP contribution in [0.15, 0.2) is 42.5 Å². The van der Waals surface area contributed by atoms with Crippen LogP contribution < -0.4 is 9.47 Å². The van der Waals surface area contributed by atoms with Gasteiger partial charge in [-0.3, -0.25) is 9.69 Å². The number of carbonyl (C=O) groups excluding carboxylic acids is 1. The molecule has 0 fully saturated rings. The molecule has 6 heteroatoms. The molecule has 0 spiro atoms. The summed E-state index contributed by atoms with van der Waals surface area (Å²) < 4.78 is 16.1. The number of aromatic nitrogens is 1. The quantitative estimate of drug-likeness (QED) is 0.708. The second-order valence-corrected chi connectivity index (χ2v) is 6.99. The summed E-state index contributed by atoms with van der Waals surface area (Å²) in [5, 5.41) is 1.15. The lowest BCUT2D eigenvalue weighted by Crippen LogP contribution is -2.46. The highest BCUT2D eigenvalue weighted by molar-refractivity contribution is 5.87. The van der Waals surface area contributed by atoms with Gasteiger partial charge in [-0.05, 0) is 36.4 Å². The van der Waals surface area contributed by atoms with E-state index in [1.54, 1.807) is 0 Å². The summed E-state index contributed by atoms with van der Waals surface area (Å²) in [5.41, 5.74) is 4.40. The van der Waals surface area contributed by atoms with Crippen molar-refractivity contribution in [2.24, 2.45) is 0 Å². The van der Waals surface area contributed by atoms with E-state index < -0.39 is 0 Å². The number of likely N-dealkylation sites (N-methyl/N-ethyl adjacent to an activating group) is 1. The highest BCUT2D eigenvalue weighted by Gasteiger charge is 2.39. The van der Waals surface area contributed by atoms with Gasteiger partial charge >= 0.3 is 5.97 Å². The number of ether oxygens (including phenoxy) is 3. The van der Waals surface area contributed by atoms with Crippen LogP contribution in [0.3, 0.4) is 0 Å². The lowest BCUT2D eigenvalue weighted by atomic mass is 9.88. The first-order valence-corrected chi connectivity index (χ1v) is 8.96. The molecule has 27 heavy (non-hydrogen) atoms. The number of fused-ring (bicyclic) bond motifs is 4. The van der Waals surface area contributed by atoms with Crippen LogP contribution in [0.4, 0.5) is 0 Å². The molecule has 6 nitrogen and oxygen atoms in total. The molecule has 5 rings (SSSR count). The Kier molecular flexibility index (Phi) is 3.62. The fourth-order valence-electron chi connectivity index (χ4n) is 4.27. The Bertz CT molecular complexity index is 1040. The number of hydrogen-bond donors (Lipinski definition) is 1. The summed E-state index contributed by atoms with van der Waals surface area (Å²) in [6.07, 6.45) is 0.615. The molecule has 1 aromatic heterocycles. The summed E-state index contributed by atoms with van der Waals surface area (Å²) in [4.78, 5) is 18.1. The van der Waals surface area contributed by atoms with Gasteiger partial charge < -0.3 is 19.2 Å². The van der Waals surface area contributed by atoms with Gasteiger partial charge in [0, 0.05) is 23.0 Å². The number of esters is 1. The number of methoxy groups -OCH3 is 1. The molecule has 0 aliphatic carbocycles. The molecular weight excluding hydrogens is 344 g/mol. The summed E-state index contributed by atoms with van der Waals surface area (Å²) >= 11 is 0. The van der Waals surface area contributed by atoms with Gasteiger partial charge in [0.25, 0.3) is 0 Å². The molecule has 1 N–H and O–H groups in total. The molecule has 0 amide bonds. The van der Waals surface area contributed by atoms with Crippen LogP contribution >= 0.6 is 0 Å². The molecule has 2 aliphatic rings. The van der Waals surface area contributed by atoms with Gasteiger partial charge in [-0.15, -0.1) is 0 Å². The van der Waals surface area contributed by atoms with E-state index in [0.29, 0.717) is 6.42 Å². The smallest absolute Gasteiger partial charge is 0.323 e. The van der Waals surface area contributed by atoms with Crippen molar-refractivity contribution in [2.75, 3.05) is 21.0 Å². The Morgan fingerprint density at radius 2 is 2.00 bits per heavy atom. The van der Waals surface area contributed by atoms with Gasteiger partial charge in [0.15, 0.2) is 11.5 Å².